The zero-order valence-electron chi connectivity index (χ0n) is 20.6. The number of phenolic OH excluding ortho intramolecular Hbond substituents is 1. The molecule has 1 unspecified atom stereocenters. The Labute approximate surface area is 219 Å². The lowest BCUT2D eigenvalue weighted by atomic mass is 9.94. The number of benzene rings is 3. The van der Waals surface area contributed by atoms with Crippen molar-refractivity contribution in [1.82, 2.24) is 4.90 Å². The molecule has 1 atom stereocenters. The van der Waals surface area contributed by atoms with Crippen LogP contribution in [0, 0.1) is 6.92 Å². The molecule has 1 amide bonds. The fraction of sp³-hybridized carbons (Fsp3) is 0.241. The molecule has 6 nitrogen and oxygen atoms in total. The Morgan fingerprint density at radius 3 is 2.22 bits per heavy atom. The molecule has 0 saturated carbocycles. The number of hydrogen-bond acceptors (Lipinski definition) is 5. The molecule has 7 heteroatoms. The summed E-state index contributed by atoms with van der Waals surface area (Å²) in [5.74, 6) is -0.918. The molecule has 1 aliphatic rings. The van der Waals surface area contributed by atoms with Gasteiger partial charge in [-0.05, 0) is 80.8 Å². The van der Waals surface area contributed by atoms with E-state index in [9.17, 15) is 19.8 Å². The third-order valence-corrected chi connectivity index (χ3v) is 6.77. The van der Waals surface area contributed by atoms with Gasteiger partial charge in [0.15, 0.2) is 0 Å². The van der Waals surface area contributed by atoms with Crippen LogP contribution in [0.25, 0.3) is 5.76 Å². The molecule has 0 radical (unpaired) electrons. The molecule has 4 rings (SSSR count). The number of ether oxygens (including phenoxy) is 1. The highest BCUT2D eigenvalue weighted by molar-refractivity contribution is 9.10. The second kappa shape index (κ2) is 9.82. The number of aromatic hydroxyl groups is 1. The van der Waals surface area contributed by atoms with Crippen LogP contribution in [0.1, 0.15) is 49.1 Å². The monoisotopic (exact) mass is 549 g/mol. The number of likely N-dealkylation sites (tertiary alicyclic amines) is 1. The molecular formula is C29H28BrNO5. The quantitative estimate of drug-likeness (QED) is 0.223. The van der Waals surface area contributed by atoms with Crippen LogP contribution in [0.3, 0.4) is 0 Å². The average molecular weight is 550 g/mol. The van der Waals surface area contributed by atoms with E-state index in [0.29, 0.717) is 16.9 Å². The van der Waals surface area contributed by atoms with Crippen molar-refractivity contribution in [3.05, 3.63) is 99.0 Å². The van der Waals surface area contributed by atoms with Crippen LogP contribution < -0.4 is 4.74 Å². The first-order valence-corrected chi connectivity index (χ1v) is 12.4. The van der Waals surface area contributed by atoms with Gasteiger partial charge in [-0.3, -0.25) is 9.59 Å². The molecule has 1 fully saturated rings. The Bertz CT molecular complexity index is 1340. The van der Waals surface area contributed by atoms with Gasteiger partial charge in [-0.2, -0.15) is 0 Å². The molecule has 186 valence electrons. The number of phenols is 1. The van der Waals surface area contributed by atoms with E-state index < -0.39 is 17.7 Å². The van der Waals surface area contributed by atoms with Gasteiger partial charge in [-0.25, -0.2) is 0 Å². The summed E-state index contributed by atoms with van der Waals surface area (Å²) in [7, 11) is 0. The Hall–Kier alpha value is -3.58. The molecular weight excluding hydrogens is 522 g/mol. The van der Waals surface area contributed by atoms with Gasteiger partial charge in [0.05, 0.1) is 11.6 Å². The molecule has 1 heterocycles. The minimum absolute atomic E-state index is 0.0140. The van der Waals surface area contributed by atoms with Gasteiger partial charge in [-0.1, -0.05) is 46.3 Å². The van der Waals surface area contributed by atoms with Gasteiger partial charge in [0.2, 0.25) is 0 Å². The van der Waals surface area contributed by atoms with E-state index in [1.165, 1.54) is 17.0 Å². The van der Waals surface area contributed by atoms with Crippen molar-refractivity contribution in [2.24, 2.45) is 0 Å². The highest BCUT2D eigenvalue weighted by atomic mass is 79.9. The summed E-state index contributed by atoms with van der Waals surface area (Å²) in [6.07, 6.45) is 0. The number of amides is 1. The first-order valence-electron chi connectivity index (χ1n) is 11.6. The predicted octanol–water partition coefficient (Wildman–Crippen LogP) is 6.26. The smallest absolute Gasteiger partial charge is 0.295 e. The molecule has 3 aromatic carbocycles. The number of aryl methyl sites for hydroxylation is 1. The Balaban J connectivity index is 1.77. The summed E-state index contributed by atoms with van der Waals surface area (Å²) in [6, 6.07) is 18.1. The number of aliphatic hydroxyl groups is 1. The fourth-order valence-electron chi connectivity index (χ4n) is 4.21. The summed E-state index contributed by atoms with van der Waals surface area (Å²) in [6.45, 7) is 7.92. The Morgan fingerprint density at radius 2 is 1.64 bits per heavy atom. The maximum atomic E-state index is 13.2. The van der Waals surface area contributed by atoms with Gasteiger partial charge in [0.25, 0.3) is 11.7 Å². The normalized spacial score (nSPS) is 17.5. The standard InChI is InChI=1S/C29H28BrNO5/c1-17-15-20(9-14-23(17)30)26(33)24-25(19-7-10-21(32)11-8-19)31(28(35)27(24)34)16-18-5-12-22(13-6-18)36-29(2,3)4/h5-15,25,32-33H,16H2,1-4H3/b26-24-. The number of hydrogen-bond donors (Lipinski definition) is 2. The van der Waals surface area contributed by atoms with Gasteiger partial charge in [0, 0.05) is 16.6 Å². The van der Waals surface area contributed by atoms with E-state index in [1.54, 1.807) is 30.3 Å². The van der Waals surface area contributed by atoms with Crippen LogP contribution in [0.5, 0.6) is 11.5 Å². The molecule has 3 aromatic rings. The SMILES string of the molecule is Cc1cc(/C(O)=C2/C(=O)C(=O)N(Cc3ccc(OC(C)(C)C)cc3)C2c2ccc(O)cc2)ccc1Br. The first kappa shape index (κ1) is 25.5. The van der Waals surface area contributed by atoms with E-state index in [-0.39, 0.29) is 29.2 Å². The lowest BCUT2D eigenvalue weighted by Gasteiger charge is -2.26. The molecule has 0 aliphatic carbocycles. The van der Waals surface area contributed by atoms with Crippen LogP contribution in [-0.4, -0.2) is 32.4 Å². The minimum Gasteiger partial charge on any atom is -0.508 e. The highest BCUT2D eigenvalue weighted by Gasteiger charge is 2.46. The zero-order valence-corrected chi connectivity index (χ0v) is 22.2. The number of Topliss-reactive ketones (excluding diaryl/α,β-unsaturated/α-hetero) is 1. The first-order chi connectivity index (χ1) is 16.9. The number of aliphatic hydroxyl groups excluding tert-OH is 1. The van der Waals surface area contributed by atoms with E-state index >= 15 is 0 Å². The van der Waals surface area contributed by atoms with Crippen LogP contribution in [-0.2, 0) is 16.1 Å². The topological polar surface area (TPSA) is 87.1 Å². The number of carbonyl (C=O) groups excluding carboxylic acids is 2. The van der Waals surface area contributed by atoms with Crippen LogP contribution in [0.4, 0.5) is 0 Å². The van der Waals surface area contributed by atoms with Gasteiger partial charge in [0.1, 0.15) is 22.9 Å². The third-order valence-electron chi connectivity index (χ3n) is 5.88. The molecule has 1 aliphatic heterocycles. The molecule has 36 heavy (non-hydrogen) atoms. The highest BCUT2D eigenvalue weighted by Crippen LogP contribution is 2.41. The largest absolute Gasteiger partial charge is 0.508 e. The third kappa shape index (κ3) is 5.31. The number of nitrogens with zero attached hydrogens (tertiary/aromatic N) is 1. The van der Waals surface area contributed by atoms with Crippen LogP contribution in [0.15, 0.2) is 76.8 Å². The lowest BCUT2D eigenvalue weighted by molar-refractivity contribution is -0.140. The average Bonchev–Trinajstić information content (AvgIpc) is 3.06. The van der Waals surface area contributed by atoms with Crippen molar-refractivity contribution in [2.45, 2.75) is 45.9 Å². The maximum Gasteiger partial charge on any atom is 0.295 e. The Morgan fingerprint density at radius 1 is 1.00 bits per heavy atom. The summed E-state index contributed by atoms with van der Waals surface area (Å²) in [4.78, 5) is 27.9. The van der Waals surface area contributed by atoms with Crippen molar-refractivity contribution in [3.63, 3.8) is 0 Å². The summed E-state index contributed by atoms with van der Waals surface area (Å²) >= 11 is 3.45. The second-order valence-corrected chi connectivity index (χ2v) is 10.7. The Kier molecular flexibility index (Phi) is 6.96. The molecule has 0 aromatic heterocycles. The maximum absolute atomic E-state index is 13.2. The van der Waals surface area contributed by atoms with E-state index in [0.717, 1.165) is 15.6 Å². The zero-order chi connectivity index (χ0) is 26.2. The van der Waals surface area contributed by atoms with Crippen molar-refractivity contribution in [1.29, 1.82) is 0 Å². The second-order valence-electron chi connectivity index (χ2n) is 9.84. The van der Waals surface area contributed by atoms with Crippen molar-refractivity contribution >= 4 is 33.4 Å². The van der Waals surface area contributed by atoms with Gasteiger partial charge in [-0.15, -0.1) is 0 Å². The summed E-state index contributed by atoms with van der Waals surface area (Å²) in [5.41, 5.74) is 2.41. The predicted molar refractivity (Wildman–Crippen MR) is 142 cm³/mol. The number of ketones is 1. The lowest BCUT2D eigenvalue weighted by Crippen LogP contribution is -2.29. The van der Waals surface area contributed by atoms with Crippen LogP contribution in [0.2, 0.25) is 0 Å². The minimum atomic E-state index is -0.819. The molecule has 0 spiro atoms. The van der Waals surface area contributed by atoms with Gasteiger partial charge >= 0.3 is 0 Å². The summed E-state index contributed by atoms with van der Waals surface area (Å²) < 4.78 is 6.75. The van der Waals surface area contributed by atoms with Crippen molar-refractivity contribution < 1.29 is 24.5 Å². The number of rotatable bonds is 5. The van der Waals surface area contributed by atoms with Crippen molar-refractivity contribution in [2.75, 3.05) is 0 Å². The van der Waals surface area contributed by atoms with Crippen molar-refractivity contribution in [3.8, 4) is 11.5 Å². The van der Waals surface area contributed by atoms with E-state index in [2.05, 4.69) is 15.9 Å². The molecule has 0 bridgehead atoms. The van der Waals surface area contributed by atoms with Gasteiger partial charge < -0.3 is 19.8 Å². The number of carbonyl (C=O) groups is 2. The summed E-state index contributed by atoms with van der Waals surface area (Å²) in [5, 5.41) is 21.0. The van der Waals surface area contributed by atoms with Crippen LogP contribution >= 0.6 is 15.9 Å². The molecule has 1 saturated heterocycles. The fourth-order valence-corrected chi connectivity index (χ4v) is 4.45. The number of halogens is 1. The molecule has 2 N–H and O–H groups in total. The van der Waals surface area contributed by atoms with E-state index in [4.69, 9.17) is 4.74 Å². The van der Waals surface area contributed by atoms with E-state index in [1.807, 2.05) is 52.0 Å².